The van der Waals surface area contributed by atoms with Gasteiger partial charge in [-0.2, -0.15) is 0 Å². The number of aliphatic carboxylic acids is 1. The van der Waals surface area contributed by atoms with E-state index in [4.69, 9.17) is 0 Å². The maximum atomic E-state index is 11.6. The summed E-state index contributed by atoms with van der Waals surface area (Å²) in [5.74, 6) is -2.49. The first-order valence-corrected chi connectivity index (χ1v) is 6.35. The second-order valence-electron chi connectivity index (χ2n) is 4.68. The number of hydrogen-bond donors (Lipinski definition) is 0. The third kappa shape index (κ3) is 3.35. The van der Waals surface area contributed by atoms with Crippen LogP contribution in [0.4, 0.5) is 0 Å². The van der Waals surface area contributed by atoms with Gasteiger partial charge in [0.25, 0.3) is 0 Å². The molecule has 0 saturated heterocycles. The Morgan fingerprint density at radius 3 is 2.50 bits per heavy atom. The Bertz CT molecular complexity index is 633. The van der Waals surface area contributed by atoms with Gasteiger partial charge < -0.3 is 14.6 Å². The van der Waals surface area contributed by atoms with Gasteiger partial charge >= 0.3 is 5.97 Å². The minimum Gasteiger partial charge on any atom is -0.550 e. The van der Waals surface area contributed by atoms with E-state index in [1.54, 1.807) is 0 Å². The molecule has 0 aromatic heterocycles. The lowest BCUT2D eigenvalue weighted by atomic mass is 9.95. The lowest BCUT2D eigenvalue weighted by Crippen LogP contribution is -2.30. The van der Waals surface area contributed by atoms with Crippen molar-refractivity contribution in [3.05, 3.63) is 48.0 Å². The zero-order valence-corrected chi connectivity index (χ0v) is 11.2. The van der Waals surface area contributed by atoms with Crippen molar-refractivity contribution in [1.29, 1.82) is 0 Å². The highest BCUT2D eigenvalue weighted by Gasteiger charge is 2.20. The number of carboxylic acid groups (broad SMARTS) is 1. The van der Waals surface area contributed by atoms with Crippen LogP contribution < -0.4 is 5.11 Å². The fourth-order valence-electron chi connectivity index (χ4n) is 2.26. The average molecular weight is 271 g/mol. The highest BCUT2D eigenvalue weighted by Crippen LogP contribution is 2.19. The van der Waals surface area contributed by atoms with Crippen LogP contribution in [-0.2, 0) is 20.7 Å². The molecule has 2 aromatic carbocycles. The highest BCUT2D eigenvalue weighted by molar-refractivity contribution is 5.83. The van der Waals surface area contributed by atoms with E-state index in [-0.39, 0.29) is 6.42 Å². The van der Waals surface area contributed by atoms with Crippen molar-refractivity contribution in [3.8, 4) is 0 Å². The van der Waals surface area contributed by atoms with Gasteiger partial charge in [-0.05, 0) is 22.8 Å². The SMILES string of the molecule is COC(=O)C(CC(=O)[O-])Cc1ccc2ccccc2c1. The molecule has 2 rings (SSSR count). The Kier molecular flexibility index (Phi) is 4.35. The Morgan fingerprint density at radius 2 is 1.85 bits per heavy atom. The lowest BCUT2D eigenvalue weighted by Gasteiger charge is -2.15. The molecule has 4 heteroatoms. The molecule has 0 radical (unpaired) electrons. The second-order valence-corrected chi connectivity index (χ2v) is 4.68. The van der Waals surface area contributed by atoms with Gasteiger partial charge in [0, 0.05) is 12.4 Å². The molecule has 0 bridgehead atoms. The van der Waals surface area contributed by atoms with Crippen LogP contribution in [0, 0.1) is 5.92 Å². The Morgan fingerprint density at radius 1 is 1.15 bits per heavy atom. The third-order valence-corrected chi connectivity index (χ3v) is 3.24. The summed E-state index contributed by atoms with van der Waals surface area (Å²) in [5.41, 5.74) is 0.903. The monoisotopic (exact) mass is 271 g/mol. The Balaban J connectivity index is 2.23. The standard InChI is InChI=1S/C16H16O4/c1-20-16(19)14(10-15(17)18)9-11-6-7-12-4-2-3-5-13(12)8-11/h2-8,14H,9-10H2,1H3,(H,17,18)/p-1. The minimum absolute atomic E-state index is 0.325. The number of fused-ring (bicyclic) bond motifs is 1. The number of esters is 1. The van der Waals surface area contributed by atoms with Gasteiger partial charge in [0.2, 0.25) is 0 Å². The molecule has 0 heterocycles. The summed E-state index contributed by atoms with van der Waals surface area (Å²) in [7, 11) is 1.25. The number of carbonyl (C=O) groups is 2. The number of methoxy groups -OCH3 is 1. The minimum atomic E-state index is -1.25. The molecule has 0 N–H and O–H groups in total. The molecule has 0 aliphatic heterocycles. The third-order valence-electron chi connectivity index (χ3n) is 3.24. The number of carbonyl (C=O) groups excluding carboxylic acids is 2. The van der Waals surface area contributed by atoms with E-state index in [1.165, 1.54) is 7.11 Å². The van der Waals surface area contributed by atoms with Crippen LogP contribution >= 0.6 is 0 Å². The molecule has 0 spiro atoms. The summed E-state index contributed by atoms with van der Waals surface area (Å²) in [5, 5.41) is 12.9. The van der Waals surface area contributed by atoms with E-state index in [9.17, 15) is 14.7 Å². The van der Waals surface area contributed by atoms with Crippen LogP contribution in [0.5, 0.6) is 0 Å². The summed E-state index contributed by atoms with van der Waals surface area (Å²) in [6.07, 6.45) is -0.00894. The molecule has 4 nitrogen and oxygen atoms in total. The fourth-order valence-corrected chi connectivity index (χ4v) is 2.26. The summed E-state index contributed by atoms with van der Waals surface area (Å²) in [6, 6.07) is 13.7. The molecule has 2 aromatic rings. The van der Waals surface area contributed by atoms with E-state index >= 15 is 0 Å². The summed E-state index contributed by atoms with van der Waals surface area (Å²) in [6.45, 7) is 0. The number of benzene rings is 2. The van der Waals surface area contributed by atoms with Crippen molar-refractivity contribution in [2.24, 2.45) is 5.92 Å². The average Bonchev–Trinajstić information content (AvgIpc) is 2.45. The van der Waals surface area contributed by atoms with Gasteiger partial charge in [-0.15, -0.1) is 0 Å². The van der Waals surface area contributed by atoms with Crippen LogP contribution in [0.1, 0.15) is 12.0 Å². The van der Waals surface area contributed by atoms with Gasteiger partial charge in [0.1, 0.15) is 0 Å². The molecule has 20 heavy (non-hydrogen) atoms. The molecule has 1 unspecified atom stereocenters. The van der Waals surface area contributed by atoms with Crippen molar-refractivity contribution in [2.45, 2.75) is 12.8 Å². The fraction of sp³-hybridized carbons (Fsp3) is 0.250. The molecule has 1 atom stereocenters. The topological polar surface area (TPSA) is 66.4 Å². The van der Waals surface area contributed by atoms with Gasteiger partial charge in [-0.3, -0.25) is 4.79 Å². The summed E-state index contributed by atoms with van der Waals surface area (Å²) >= 11 is 0. The predicted molar refractivity (Wildman–Crippen MR) is 72.8 cm³/mol. The van der Waals surface area contributed by atoms with Crippen LogP contribution in [0.25, 0.3) is 10.8 Å². The Labute approximate surface area is 117 Å². The number of rotatable bonds is 5. The first-order chi connectivity index (χ1) is 9.60. The van der Waals surface area contributed by atoms with Crippen molar-refractivity contribution in [2.75, 3.05) is 7.11 Å². The largest absolute Gasteiger partial charge is 0.550 e. The zero-order chi connectivity index (χ0) is 14.5. The second kappa shape index (κ2) is 6.19. The van der Waals surface area contributed by atoms with Crippen molar-refractivity contribution in [3.63, 3.8) is 0 Å². The first kappa shape index (κ1) is 14.1. The molecule has 0 amide bonds. The van der Waals surface area contributed by atoms with E-state index in [0.29, 0.717) is 6.42 Å². The van der Waals surface area contributed by atoms with E-state index in [2.05, 4.69) is 4.74 Å². The zero-order valence-electron chi connectivity index (χ0n) is 11.2. The van der Waals surface area contributed by atoms with Crippen molar-refractivity contribution in [1.82, 2.24) is 0 Å². The molecule has 0 aliphatic carbocycles. The quantitative estimate of drug-likeness (QED) is 0.769. The molecule has 0 aliphatic rings. The Hall–Kier alpha value is -2.36. The normalized spacial score (nSPS) is 12.1. The van der Waals surface area contributed by atoms with Crippen LogP contribution in [0.3, 0.4) is 0 Å². The highest BCUT2D eigenvalue weighted by atomic mass is 16.5. The lowest BCUT2D eigenvalue weighted by molar-refractivity contribution is -0.306. The molecule has 104 valence electrons. The van der Waals surface area contributed by atoms with Crippen LogP contribution in [0.2, 0.25) is 0 Å². The molecular formula is C16H15O4-. The van der Waals surface area contributed by atoms with Gasteiger partial charge in [0.15, 0.2) is 0 Å². The van der Waals surface area contributed by atoms with Crippen molar-refractivity contribution < 1.29 is 19.4 Å². The number of hydrogen-bond acceptors (Lipinski definition) is 4. The van der Waals surface area contributed by atoms with Gasteiger partial charge in [0.05, 0.1) is 13.0 Å². The van der Waals surface area contributed by atoms with Crippen molar-refractivity contribution >= 4 is 22.7 Å². The van der Waals surface area contributed by atoms with E-state index in [0.717, 1.165) is 16.3 Å². The summed E-state index contributed by atoms with van der Waals surface area (Å²) in [4.78, 5) is 22.3. The maximum absolute atomic E-state index is 11.6. The molecular weight excluding hydrogens is 256 g/mol. The maximum Gasteiger partial charge on any atom is 0.309 e. The first-order valence-electron chi connectivity index (χ1n) is 6.35. The predicted octanol–water partition coefficient (Wildman–Crippen LogP) is 1.31. The van der Waals surface area contributed by atoms with Gasteiger partial charge in [-0.25, -0.2) is 0 Å². The molecule has 0 fully saturated rings. The molecule has 0 saturated carbocycles. The van der Waals surface area contributed by atoms with E-state index in [1.807, 2.05) is 42.5 Å². The van der Waals surface area contributed by atoms with E-state index < -0.39 is 17.9 Å². The number of carboxylic acids is 1. The van der Waals surface area contributed by atoms with Crippen LogP contribution in [-0.4, -0.2) is 19.0 Å². The van der Waals surface area contributed by atoms with Gasteiger partial charge in [-0.1, -0.05) is 42.5 Å². The number of ether oxygens (including phenoxy) is 1. The van der Waals surface area contributed by atoms with Crippen LogP contribution in [0.15, 0.2) is 42.5 Å². The smallest absolute Gasteiger partial charge is 0.309 e. The summed E-state index contributed by atoms with van der Waals surface area (Å²) < 4.78 is 4.64.